The Morgan fingerprint density at radius 2 is 1.63 bits per heavy atom. The lowest BCUT2D eigenvalue weighted by molar-refractivity contribution is -0.138. The maximum atomic E-state index is 12.8. The largest absolute Gasteiger partial charge is 0.337 e. The van der Waals surface area contributed by atoms with Crippen molar-refractivity contribution in [3.05, 3.63) is 0 Å². The lowest BCUT2D eigenvalue weighted by Crippen LogP contribution is -2.53. The molecule has 1 saturated heterocycles. The quantitative estimate of drug-likeness (QED) is 0.575. The normalized spacial score (nSPS) is 27.4. The van der Waals surface area contributed by atoms with Gasteiger partial charge in [0, 0.05) is 25.0 Å². The Hall–Kier alpha value is -0.570. The van der Waals surface area contributed by atoms with Crippen molar-refractivity contribution in [2.24, 2.45) is 11.8 Å². The first-order valence-electron chi connectivity index (χ1n) is 12.2. The van der Waals surface area contributed by atoms with Crippen LogP contribution >= 0.6 is 0 Å². The lowest BCUT2D eigenvalue weighted by Gasteiger charge is -2.45. The highest BCUT2D eigenvalue weighted by Crippen LogP contribution is 2.31. The van der Waals surface area contributed by atoms with Crippen LogP contribution in [0.25, 0.3) is 0 Å². The lowest BCUT2D eigenvalue weighted by atomic mass is 9.85. The summed E-state index contributed by atoms with van der Waals surface area (Å²) in [7, 11) is 0. The topological polar surface area (TPSA) is 23.6 Å². The summed E-state index contributed by atoms with van der Waals surface area (Å²) in [6.45, 7) is 8.19. The van der Waals surface area contributed by atoms with E-state index in [1.54, 1.807) is 0 Å². The molecule has 0 radical (unpaired) electrons. The summed E-state index contributed by atoms with van der Waals surface area (Å²) in [5.41, 5.74) is 0. The highest BCUT2D eigenvalue weighted by atomic mass is 16.2. The fourth-order valence-electron chi connectivity index (χ4n) is 6.06. The second-order valence-corrected chi connectivity index (χ2v) is 9.68. The maximum Gasteiger partial charge on any atom is 0.222 e. The van der Waals surface area contributed by atoms with E-state index < -0.39 is 0 Å². The molecule has 3 aliphatic rings. The standard InChI is InChI=1S/C24H44N2O/c1-3-24(27)26(23-14-8-5-9-15-23)20(2)22-13-10-17-25(19-22)18-16-21-11-6-4-7-12-21/h20-23H,3-19H2,1-2H3. The first-order chi connectivity index (χ1) is 13.2. The molecule has 0 aromatic carbocycles. The van der Waals surface area contributed by atoms with Crippen molar-refractivity contribution in [3.8, 4) is 0 Å². The van der Waals surface area contributed by atoms with Crippen LogP contribution < -0.4 is 0 Å². The predicted octanol–water partition coefficient (Wildman–Crippen LogP) is 5.63. The molecule has 1 heterocycles. The zero-order valence-electron chi connectivity index (χ0n) is 18.1. The molecule has 1 amide bonds. The van der Waals surface area contributed by atoms with Crippen molar-refractivity contribution in [2.45, 2.75) is 116 Å². The highest BCUT2D eigenvalue weighted by Gasteiger charge is 2.34. The van der Waals surface area contributed by atoms with Gasteiger partial charge < -0.3 is 9.80 Å². The van der Waals surface area contributed by atoms with E-state index in [1.165, 1.54) is 103 Å². The van der Waals surface area contributed by atoms with E-state index in [2.05, 4.69) is 16.7 Å². The number of hydrogen-bond acceptors (Lipinski definition) is 2. The van der Waals surface area contributed by atoms with Crippen LogP contribution in [-0.4, -0.2) is 47.4 Å². The zero-order valence-corrected chi connectivity index (χ0v) is 18.1. The summed E-state index contributed by atoms with van der Waals surface area (Å²) in [6.07, 6.45) is 18.4. The molecule has 2 unspecified atom stereocenters. The highest BCUT2D eigenvalue weighted by molar-refractivity contribution is 5.76. The molecule has 0 aromatic heterocycles. The molecule has 27 heavy (non-hydrogen) atoms. The van der Waals surface area contributed by atoms with E-state index in [1.807, 2.05) is 6.92 Å². The van der Waals surface area contributed by atoms with Gasteiger partial charge in [0.05, 0.1) is 0 Å². The van der Waals surface area contributed by atoms with Crippen LogP contribution in [0.15, 0.2) is 0 Å². The SMILES string of the molecule is CCC(=O)N(C1CCCCC1)C(C)C1CCCN(CCC2CCCCC2)C1. The summed E-state index contributed by atoms with van der Waals surface area (Å²) in [6, 6.07) is 0.928. The number of rotatable bonds is 7. The molecule has 1 aliphatic heterocycles. The molecular formula is C24H44N2O. The first kappa shape index (κ1) is 21.1. The molecule has 2 atom stereocenters. The monoisotopic (exact) mass is 376 g/mol. The van der Waals surface area contributed by atoms with Gasteiger partial charge >= 0.3 is 0 Å². The van der Waals surface area contributed by atoms with E-state index in [-0.39, 0.29) is 0 Å². The summed E-state index contributed by atoms with van der Waals surface area (Å²) in [5, 5.41) is 0. The van der Waals surface area contributed by atoms with Gasteiger partial charge in [0.25, 0.3) is 0 Å². The molecule has 3 rings (SSSR count). The summed E-state index contributed by atoms with van der Waals surface area (Å²) < 4.78 is 0. The number of hydrogen-bond donors (Lipinski definition) is 0. The zero-order chi connectivity index (χ0) is 19.1. The fourth-order valence-corrected chi connectivity index (χ4v) is 6.06. The van der Waals surface area contributed by atoms with Gasteiger partial charge in [-0.25, -0.2) is 0 Å². The van der Waals surface area contributed by atoms with Gasteiger partial charge in [-0.05, 0) is 64.0 Å². The van der Waals surface area contributed by atoms with Gasteiger partial charge in [-0.2, -0.15) is 0 Å². The van der Waals surface area contributed by atoms with Crippen molar-refractivity contribution in [3.63, 3.8) is 0 Å². The Morgan fingerprint density at radius 1 is 0.963 bits per heavy atom. The Balaban J connectivity index is 1.54. The Bertz CT molecular complexity index is 440. The van der Waals surface area contributed by atoms with E-state index in [0.29, 0.717) is 30.3 Å². The second kappa shape index (κ2) is 10.8. The molecule has 2 aliphatic carbocycles. The molecule has 3 heteroatoms. The number of carbonyl (C=O) groups is 1. The number of carbonyl (C=O) groups excluding carboxylic acids is 1. The minimum Gasteiger partial charge on any atom is -0.337 e. The minimum absolute atomic E-state index is 0.397. The molecule has 3 fully saturated rings. The van der Waals surface area contributed by atoms with Crippen molar-refractivity contribution in [2.75, 3.05) is 19.6 Å². The smallest absolute Gasteiger partial charge is 0.222 e. The number of nitrogens with zero attached hydrogens (tertiary/aromatic N) is 2. The Morgan fingerprint density at radius 3 is 2.30 bits per heavy atom. The van der Waals surface area contributed by atoms with E-state index in [9.17, 15) is 4.79 Å². The van der Waals surface area contributed by atoms with Gasteiger partial charge in [-0.3, -0.25) is 4.79 Å². The van der Waals surface area contributed by atoms with Crippen molar-refractivity contribution >= 4 is 5.91 Å². The van der Waals surface area contributed by atoms with Crippen molar-refractivity contribution < 1.29 is 4.79 Å². The van der Waals surface area contributed by atoms with Crippen LogP contribution in [0.2, 0.25) is 0 Å². The molecule has 0 bridgehead atoms. The van der Waals surface area contributed by atoms with Crippen molar-refractivity contribution in [1.82, 2.24) is 9.80 Å². The maximum absolute atomic E-state index is 12.8. The van der Waals surface area contributed by atoms with Crippen LogP contribution in [0.4, 0.5) is 0 Å². The predicted molar refractivity (Wildman–Crippen MR) is 114 cm³/mol. The molecule has 0 spiro atoms. The average Bonchev–Trinajstić information content (AvgIpc) is 2.74. The summed E-state index contributed by atoms with van der Waals surface area (Å²) >= 11 is 0. The van der Waals surface area contributed by atoms with E-state index in [4.69, 9.17) is 0 Å². The number of likely N-dealkylation sites (tertiary alicyclic amines) is 1. The second-order valence-electron chi connectivity index (χ2n) is 9.68. The van der Waals surface area contributed by atoms with Crippen LogP contribution in [0.1, 0.15) is 104 Å². The van der Waals surface area contributed by atoms with E-state index in [0.717, 1.165) is 5.92 Å². The van der Waals surface area contributed by atoms with Crippen LogP contribution in [0.5, 0.6) is 0 Å². The minimum atomic E-state index is 0.397. The third-order valence-corrected chi connectivity index (χ3v) is 7.80. The van der Waals surface area contributed by atoms with Crippen LogP contribution in [-0.2, 0) is 4.79 Å². The summed E-state index contributed by atoms with van der Waals surface area (Å²) in [5.74, 6) is 2.05. The van der Waals surface area contributed by atoms with Gasteiger partial charge in [-0.15, -0.1) is 0 Å². The number of amides is 1. The van der Waals surface area contributed by atoms with Crippen LogP contribution in [0.3, 0.4) is 0 Å². The third kappa shape index (κ3) is 5.95. The molecule has 0 N–H and O–H groups in total. The first-order valence-corrected chi connectivity index (χ1v) is 12.2. The molecule has 156 valence electrons. The Labute approximate surface area is 168 Å². The Kier molecular flexibility index (Phi) is 8.48. The fraction of sp³-hybridized carbons (Fsp3) is 0.958. The van der Waals surface area contributed by atoms with Gasteiger partial charge in [-0.1, -0.05) is 58.3 Å². The van der Waals surface area contributed by atoms with Crippen molar-refractivity contribution in [1.29, 1.82) is 0 Å². The van der Waals surface area contributed by atoms with Gasteiger partial charge in [0.15, 0.2) is 0 Å². The van der Waals surface area contributed by atoms with Crippen LogP contribution in [0, 0.1) is 11.8 Å². The molecule has 3 nitrogen and oxygen atoms in total. The van der Waals surface area contributed by atoms with Gasteiger partial charge in [0.1, 0.15) is 0 Å². The van der Waals surface area contributed by atoms with E-state index >= 15 is 0 Å². The molecule has 2 saturated carbocycles. The third-order valence-electron chi connectivity index (χ3n) is 7.80. The molecular weight excluding hydrogens is 332 g/mol. The molecule has 0 aromatic rings. The van der Waals surface area contributed by atoms with Gasteiger partial charge in [0.2, 0.25) is 5.91 Å². The summed E-state index contributed by atoms with van der Waals surface area (Å²) in [4.78, 5) is 17.9. The number of piperidine rings is 1. The average molecular weight is 377 g/mol.